The van der Waals surface area contributed by atoms with Crippen LogP contribution in [0.25, 0.3) is 0 Å². The molecule has 2 N–H and O–H groups in total. The van der Waals surface area contributed by atoms with Crippen LogP contribution >= 0.6 is 0 Å². The molecule has 1 heterocycles. The number of carbonyl (C=O) groups is 2. The predicted octanol–water partition coefficient (Wildman–Crippen LogP) is 1.32. The Morgan fingerprint density at radius 1 is 1.00 bits per heavy atom. The second-order valence-electron chi connectivity index (χ2n) is 5.08. The van der Waals surface area contributed by atoms with Crippen molar-refractivity contribution >= 4 is 11.8 Å². The molecule has 2 atom stereocenters. The Morgan fingerprint density at radius 3 is 2.17 bits per heavy atom. The summed E-state index contributed by atoms with van der Waals surface area (Å²) in [6.45, 7) is 5.35. The molecule has 96 valence electrons. The van der Waals surface area contributed by atoms with Gasteiger partial charge >= 0.3 is 0 Å². The van der Waals surface area contributed by atoms with E-state index >= 15 is 0 Å². The quantitative estimate of drug-likeness (QED) is 0.826. The first-order chi connectivity index (χ1) is 8.42. The maximum absolute atomic E-state index is 12.3. The summed E-state index contributed by atoms with van der Waals surface area (Å²) in [6.07, 6.45) is 0.565. The number of amides is 2. The van der Waals surface area contributed by atoms with Gasteiger partial charge in [-0.15, -0.1) is 0 Å². The Bertz CT molecular complexity index is 486. The molecule has 4 nitrogen and oxygen atoms in total. The van der Waals surface area contributed by atoms with Gasteiger partial charge in [-0.1, -0.05) is 37.3 Å². The average molecular weight is 246 g/mol. The second-order valence-corrected chi connectivity index (χ2v) is 5.08. The van der Waals surface area contributed by atoms with Crippen LogP contribution in [0.1, 0.15) is 32.8 Å². The number of benzene rings is 1. The molecule has 4 heteroatoms. The van der Waals surface area contributed by atoms with Crippen molar-refractivity contribution in [3.63, 3.8) is 0 Å². The van der Waals surface area contributed by atoms with Gasteiger partial charge in [0.25, 0.3) is 5.91 Å². The lowest BCUT2D eigenvalue weighted by molar-refractivity contribution is -0.145. The Balaban J connectivity index is 2.38. The van der Waals surface area contributed by atoms with E-state index in [1.165, 1.54) is 0 Å². The molecule has 0 aliphatic carbocycles. The molecule has 0 spiro atoms. The molecule has 0 radical (unpaired) electrons. The fourth-order valence-electron chi connectivity index (χ4n) is 2.08. The van der Waals surface area contributed by atoms with Gasteiger partial charge in [-0.25, -0.2) is 0 Å². The van der Waals surface area contributed by atoms with Gasteiger partial charge < -0.3 is 10.6 Å². The van der Waals surface area contributed by atoms with Gasteiger partial charge in [0.2, 0.25) is 5.91 Å². The van der Waals surface area contributed by atoms with Crippen molar-refractivity contribution in [1.82, 2.24) is 10.6 Å². The minimum absolute atomic E-state index is 0.143. The topological polar surface area (TPSA) is 58.2 Å². The predicted molar refractivity (Wildman–Crippen MR) is 68.8 cm³/mol. The molecule has 2 unspecified atom stereocenters. The molecule has 18 heavy (non-hydrogen) atoms. The van der Waals surface area contributed by atoms with Crippen LogP contribution in [0.4, 0.5) is 0 Å². The van der Waals surface area contributed by atoms with Crippen molar-refractivity contribution in [2.75, 3.05) is 0 Å². The van der Waals surface area contributed by atoms with Gasteiger partial charge in [0.15, 0.2) is 0 Å². The first kappa shape index (κ1) is 12.6. The van der Waals surface area contributed by atoms with E-state index < -0.39 is 11.1 Å². The van der Waals surface area contributed by atoms with Crippen LogP contribution in [0, 0.1) is 0 Å². The van der Waals surface area contributed by atoms with Crippen LogP contribution in [0.2, 0.25) is 0 Å². The van der Waals surface area contributed by atoms with E-state index in [0.717, 1.165) is 5.56 Å². The van der Waals surface area contributed by atoms with Crippen LogP contribution in [0.15, 0.2) is 30.3 Å². The molecule has 0 bridgehead atoms. The van der Waals surface area contributed by atoms with E-state index in [1.807, 2.05) is 37.3 Å². The summed E-state index contributed by atoms with van der Waals surface area (Å²) in [5.41, 5.74) is -1.02. The molecule has 2 amide bonds. The molecule has 0 aromatic heterocycles. The fourth-order valence-corrected chi connectivity index (χ4v) is 2.08. The summed E-state index contributed by atoms with van der Waals surface area (Å²) < 4.78 is 0. The number of hydrogen-bond donors (Lipinski definition) is 2. The van der Waals surface area contributed by atoms with E-state index in [0.29, 0.717) is 6.42 Å². The van der Waals surface area contributed by atoms with Crippen LogP contribution in [0.5, 0.6) is 0 Å². The highest BCUT2D eigenvalue weighted by Crippen LogP contribution is 2.27. The third-order valence-corrected chi connectivity index (χ3v) is 3.77. The zero-order chi connectivity index (χ0) is 13.4. The minimum Gasteiger partial charge on any atom is -0.340 e. The second kappa shape index (κ2) is 4.12. The summed E-state index contributed by atoms with van der Waals surface area (Å²) >= 11 is 0. The van der Waals surface area contributed by atoms with E-state index in [1.54, 1.807) is 13.8 Å². The Morgan fingerprint density at radius 2 is 1.61 bits per heavy atom. The molecule has 2 rings (SSSR count). The monoisotopic (exact) mass is 246 g/mol. The summed E-state index contributed by atoms with van der Waals surface area (Å²) in [7, 11) is 0. The molecule has 1 aliphatic heterocycles. The van der Waals surface area contributed by atoms with E-state index in [2.05, 4.69) is 10.6 Å². The molecule has 1 aromatic carbocycles. The van der Waals surface area contributed by atoms with Gasteiger partial charge in [-0.3, -0.25) is 9.59 Å². The molecule has 0 saturated carbocycles. The molecule has 1 aromatic rings. The number of hydrogen-bond acceptors (Lipinski definition) is 2. The van der Waals surface area contributed by atoms with Gasteiger partial charge in [-0.2, -0.15) is 0 Å². The molecule has 1 saturated heterocycles. The lowest BCUT2D eigenvalue weighted by Gasteiger charge is -2.42. The minimum atomic E-state index is -0.993. The third-order valence-electron chi connectivity index (χ3n) is 3.77. The molecule has 1 aliphatic rings. The zero-order valence-corrected chi connectivity index (χ0v) is 10.9. The van der Waals surface area contributed by atoms with Crippen molar-refractivity contribution in [3.8, 4) is 0 Å². The van der Waals surface area contributed by atoms with Crippen molar-refractivity contribution in [3.05, 3.63) is 35.9 Å². The van der Waals surface area contributed by atoms with Gasteiger partial charge in [0, 0.05) is 0 Å². The smallest absolute Gasteiger partial charge is 0.250 e. The largest absolute Gasteiger partial charge is 0.340 e. The molecular formula is C14H18N2O2. The summed E-state index contributed by atoms with van der Waals surface area (Å²) in [5, 5.41) is 5.68. The van der Waals surface area contributed by atoms with E-state index in [-0.39, 0.29) is 11.8 Å². The van der Waals surface area contributed by atoms with Crippen LogP contribution in [-0.4, -0.2) is 17.4 Å². The molecular weight excluding hydrogens is 228 g/mol. The number of rotatable bonds is 2. The van der Waals surface area contributed by atoms with E-state index in [9.17, 15) is 9.59 Å². The van der Waals surface area contributed by atoms with Gasteiger partial charge in [0.1, 0.15) is 11.1 Å². The van der Waals surface area contributed by atoms with Crippen molar-refractivity contribution in [1.29, 1.82) is 0 Å². The van der Waals surface area contributed by atoms with Crippen molar-refractivity contribution < 1.29 is 9.59 Å². The first-order valence-electron chi connectivity index (χ1n) is 6.13. The number of piperazine rings is 1. The summed E-state index contributed by atoms with van der Waals surface area (Å²) in [4.78, 5) is 24.5. The maximum Gasteiger partial charge on any atom is 0.250 e. The van der Waals surface area contributed by atoms with E-state index in [4.69, 9.17) is 0 Å². The normalized spacial score (nSPS) is 31.7. The highest BCUT2D eigenvalue weighted by molar-refractivity contribution is 6.02. The standard InChI is InChI=1S/C14H18N2O2/c1-4-13(2)11(17)16-14(3,12(18)15-13)10-8-6-5-7-9-10/h5-9H,4H2,1-3H3,(H,15,18)(H,16,17). The SMILES string of the molecule is CCC1(C)NC(=O)C(C)(c2ccccc2)NC1=O. The third kappa shape index (κ3) is 1.78. The summed E-state index contributed by atoms with van der Waals surface area (Å²) in [5.74, 6) is -0.311. The lowest BCUT2D eigenvalue weighted by Crippen LogP contribution is -2.71. The first-order valence-corrected chi connectivity index (χ1v) is 6.13. The van der Waals surface area contributed by atoms with Crippen LogP contribution in [-0.2, 0) is 15.1 Å². The van der Waals surface area contributed by atoms with Crippen LogP contribution < -0.4 is 10.6 Å². The average Bonchev–Trinajstić information content (AvgIpc) is 2.37. The zero-order valence-electron chi connectivity index (χ0n) is 10.9. The van der Waals surface area contributed by atoms with Crippen LogP contribution in [0.3, 0.4) is 0 Å². The Hall–Kier alpha value is -1.84. The maximum atomic E-state index is 12.3. The lowest BCUT2D eigenvalue weighted by atomic mass is 9.83. The Labute approximate surface area is 107 Å². The molecule has 1 fully saturated rings. The number of carbonyl (C=O) groups excluding carboxylic acids is 2. The highest BCUT2D eigenvalue weighted by atomic mass is 16.2. The van der Waals surface area contributed by atoms with Crippen molar-refractivity contribution in [2.24, 2.45) is 0 Å². The fraction of sp³-hybridized carbons (Fsp3) is 0.429. The van der Waals surface area contributed by atoms with Gasteiger partial charge in [-0.05, 0) is 25.8 Å². The highest BCUT2D eigenvalue weighted by Gasteiger charge is 2.48. The van der Waals surface area contributed by atoms with Gasteiger partial charge in [0.05, 0.1) is 0 Å². The Kier molecular flexibility index (Phi) is 2.89. The summed E-state index contributed by atoms with van der Waals surface area (Å²) in [6, 6.07) is 9.27. The van der Waals surface area contributed by atoms with Crippen molar-refractivity contribution in [2.45, 2.75) is 38.3 Å². The number of nitrogens with one attached hydrogen (secondary N) is 2.